The molecule has 0 bridgehead atoms. The van der Waals surface area contributed by atoms with Gasteiger partial charge in [0, 0.05) is 49.2 Å². The van der Waals surface area contributed by atoms with Crippen LogP contribution < -0.4 is 5.32 Å². The second-order valence-corrected chi connectivity index (χ2v) is 6.68. The van der Waals surface area contributed by atoms with Gasteiger partial charge in [-0.25, -0.2) is 4.39 Å². The summed E-state index contributed by atoms with van der Waals surface area (Å²) < 4.78 is 13.6. The van der Waals surface area contributed by atoms with Crippen LogP contribution in [-0.2, 0) is 13.0 Å². The molecule has 1 heterocycles. The van der Waals surface area contributed by atoms with E-state index in [0.29, 0.717) is 23.2 Å². The van der Waals surface area contributed by atoms with Crippen LogP contribution in [0, 0.1) is 5.82 Å². The average molecular weight is 391 g/mol. The number of hydrogen-bond donors (Lipinski definition) is 1. The molecule has 1 aromatic heterocycles. The number of carbonyl (C=O) groups is 2. The van der Waals surface area contributed by atoms with Gasteiger partial charge in [0.2, 0.25) is 0 Å². The Kier molecular flexibility index (Phi) is 6.68. The Morgan fingerprint density at radius 1 is 0.966 bits per heavy atom. The Morgan fingerprint density at radius 3 is 2.31 bits per heavy atom. The molecule has 0 fully saturated rings. The van der Waals surface area contributed by atoms with Crippen LogP contribution in [0.15, 0.2) is 73.1 Å². The first-order chi connectivity index (χ1) is 14.0. The van der Waals surface area contributed by atoms with Crippen molar-refractivity contribution in [2.45, 2.75) is 13.0 Å². The van der Waals surface area contributed by atoms with E-state index in [2.05, 4.69) is 10.3 Å². The molecular formula is C23H22FN3O2. The smallest absolute Gasteiger partial charge is 0.253 e. The minimum Gasteiger partial charge on any atom is -0.348 e. The molecule has 148 valence electrons. The fourth-order valence-electron chi connectivity index (χ4n) is 2.85. The first-order valence-electron chi connectivity index (χ1n) is 9.30. The highest BCUT2D eigenvalue weighted by Gasteiger charge is 2.13. The third-order valence-electron chi connectivity index (χ3n) is 4.62. The van der Waals surface area contributed by atoms with Crippen LogP contribution in [-0.4, -0.2) is 35.3 Å². The van der Waals surface area contributed by atoms with Gasteiger partial charge in [-0.05, 0) is 54.4 Å². The van der Waals surface area contributed by atoms with Gasteiger partial charge in [0.05, 0.1) is 0 Å². The minimum atomic E-state index is -0.358. The number of nitrogens with zero attached hydrogens (tertiary/aromatic N) is 2. The molecule has 2 aromatic carbocycles. The van der Waals surface area contributed by atoms with Gasteiger partial charge < -0.3 is 10.2 Å². The van der Waals surface area contributed by atoms with Crippen molar-refractivity contribution >= 4 is 11.8 Å². The van der Waals surface area contributed by atoms with Crippen LogP contribution in [0.25, 0.3) is 0 Å². The monoisotopic (exact) mass is 391 g/mol. The highest BCUT2D eigenvalue weighted by atomic mass is 19.1. The van der Waals surface area contributed by atoms with Crippen molar-refractivity contribution in [2.75, 3.05) is 13.6 Å². The van der Waals surface area contributed by atoms with E-state index in [-0.39, 0.29) is 24.2 Å². The topological polar surface area (TPSA) is 62.3 Å². The summed E-state index contributed by atoms with van der Waals surface area (Å²) in [5, 5.41) is 2.69. The normalized spacial score (nSPS) is 10.4. The molecule has 0 radical (unpaired) electrons. The number of amides is 2. The molecule has 0 aliphatic carbocycles. The highest BCUT2D eigenvalue weighted by Crippen LogP contribution is 2.10. The molecule has 0 atom stereocenters. The number of likely N-dealkylation sites (N-methyl/N-ethyl adjacent to an activating group) is 1. The van der Waals surface area contributed by atoms with E-state index in [9.17, 15) is 14.0 Å². The molecule has 1 N–H and O–H groups in total. The van der Waals surface area contributed by atoms with Crippen molar-refractivity contribution in [1.82, 2.24) is 15.2 Å². The predicted molar refractivity (Wildman–Crippen MR) is 109 cm³/mol. The standard InChI is InChI=1S/C23H22FN3O2/c1-27(15-12-17-10-13-25-14-11-17)23(29)19-8-6-18(7-9-19)22(28)26-16-20-4-2-3-5-21(20)24/h2-11,13-14H,12,15-16H2,1H3,(H,26,28). The minimum absolute atomic E-state index is 0.101. The summed E-state index contributed by atoms with van der Waals surface area (Å²) in [6, 6.07) is 16.6. The molecular weight excluding hydrogens is 369 g/mol. The van der Waals surface area contributed by atoms with Crippen LogP contribution in [0.3, 0.4) is 0 Å². The summed E-state index contributed by atoms with van der Waals surface area (Å²) in [5.41, 5.74) is 2.45. The Labute approximate surface area is 169 Å². The summed E-state index contributed by atoms with van der Waals surface area (Å²) >= 11 is 0. The highest BCUT2D eigenvalue weighted by molar-refractivity contribution is 5.97. The lowest BCUT2D eigenvalue weighted by Crippen LogP contribution is -2.29. The van der Waals surface area contributed by atoms with Crippen molar-refractivity contribution in [1.29, 1.82) is 0 Å². The van der Waals surface area contributed by atoms with Crippen molar-refractivity contribution in [2.24, 2.45) is 0 Å². The Bertz CT molecular complexity index is 975. The molecule has 5 nitrogen and oxygen atoms in total. The van der Waals surface area contributed by atoms with Gasteiger partial charge in [0.25, 0.3) is 11.8 Å². The average Bonchev–Trinajstić information content (AvgIpc) is 2.77. The maximum atomic E-state index is 13.6. The second kappa shape index (κ2) is 9.59. The van der Waals surface area contributed by atoms with Crippen LogP contribution >= 0.6 is 0 Å². The summed E-state index contributed by atoms with van der Waals surface area (Å²) in [4.78, 5) is 30.5. The van der Waals surface area contributed by atoms with E-state index in [1.165, 1.54) is 6.07 Å². The summed E-state index contributed by atoms with van der Waals surface area (Å²) in [6.45, 7) is 0.678. The molecule has 0 unspecified atom stereocenters. The second-order valence-electron chi connectivity index (χ2n) is 6.68. The lowest BCUT2D eigenvalue weighted by molar-refractivity contribution is 0.0795. The number of hydrogen-bond acceptors (Lipinski definition) is 3. The molecule has 3 rings (SSSR count). The van der Waals surface area contributed by atoms with E-state index in [4.69, 9.17) is 0 Å². The molecule has 0 aliphatic rings. The van der Waals surface area contributed by atoms with Gasteiger partial charge in [0.1, 0.15) is 5.82 Å². The number of aromatic nitrogens is 1. The fourth-order valence-corrected chi connectivity index (χ4v) is 2.85. The molecule has 0 saturated carbocycles. The molecule has 0 saturated heterocycles. The van der Waals surface area contributed by atoms with Gasteiger partial charge in [-0.3, -0.25) is 14.6 Å². The van der Waals surface area contributed by atoms with Crippen molar-refractivity contribution in [3.8, 4) is 0 Å². The molecule has 0 spiro atoms. The lowest BCUT2D eigenvalue weighted by atomic mass is 10.1. The summed E-state index contributed by atoms with van der Waals surface area (Å²) in [6.07, 6.45) is 4.20. The maximum Gasteiger partial charge on any atom is 0.253 e. The van der Waals surface area contributed by atoms with Gasteiger partial charge in [-0.1, -0.05) is 18.2 Å². The first kappa shape index (κ1) is 20.2. The molecule has 3 aromatic rings. The van der Waals surface area contributed by atoms with E-state index in [1.54, 1.807) is 66.8 Å². The zero-order valence-corrected chi connectivity index (χ0v) is 16.1. The predicted octanol–water partition coefficient (Wildman–Crippen LogP) is 3.47. The number of benzene rings is 2. The lowest BCUT2D eigenvalue weighted by Gasteiger charge is -2.17. The van der Waals surface area contributed by atoms with Gasteiger partial charge in [-0.15, -0.1) is 0 Å². The van der Waals surface area contributed by atoms with Gasteiger partial charge >= 0.3 is 0 Å². The number of pyridine rings is 1. The first-order valence-corrected chi connectivity index (χ1v) is 9.30. The third-order valence-corrected chi connectivity index (χ3v) is 4.62. The third kappa shape index (κ3) is 5.48. The van der Waals surface area contributed by atoms with Crippen LogP contribution in [0.2, 0.25) is 0 Å². The zero-order valence-electron chi connectivity index (χ0n) is 16.1. The zero-order chi connectivity index (χ0) is 20.6. The van der Waals surface area contributed by atoms with E-state index >= 15 is 0 Å². The van der Waals surface area contributed by atoms with E-state index in [0.717, 1.165) is 12.0 Å². The number of carbonyl (C=O) groups excluding carboxylic acids is 2. The SMILES string of the molecule is CN(CCc1ccncc1)C(=O)c1ccc(C(=O)NCc2ccccc2F)cc1. The quantitative estimate of drug-likeness (QED) is 0.671. The molecule has 6 heteroatoms. The largest absolute Gasteiger partial charge is 0.348 e. The van der Waals surface area contributed by atoms with Crippen molar-refractivity contribution < 1.29 is 14.0 Å². The van der Waals surface area contributed by atoms with Crippen LogP contribution in [0.5, 0.6) is 0 Å². The number of rotatable bonds is 7. The summed E-state index contributed by atoms with van der Waals surface area (Å²) in [7, 11) is 1.75. The number of halogens is 1. The van der Waals surface area contributed by atoms with Crippen molar-refractivity contribution in [3.05, 3.63) is 101 Å². The Hall–Kier alpha value is -3.54. The maximum absolute atomic E-state index is 13.6. The van der Waals surface area contributed by atoms with E-state index < -0.39 is 0 Å². The fraction of sp³-hybridized carbons (Fsp3) is 0.174. The van der Waals surface area contributed by atoms with Gasteiger partial charge in [0.15, 0.2) is 0 Å². The Morgan fingerprint density at radius 2 is 1.62 bits per heavy atom. The van der Waals surface area contributed by atoms with Crippen molar-refractivity contribution in [3.63, 3.8) is 0 Å². The van der Waals surface area contributed by atoms with E-state index in [1.807, 2.05) is 12.1 Å². The van der Waals surface area contributed by atoms with Crippen LogP contribution in [0.1, 0.15) is 31.8 Å². The number of nitrogens with one attached hydrogen (secondary N) is 1. The van der Waals surface area contributed by atoms with Gasteiger partial charge in [-0.2, -0.15) is 0 Å². The van der Waals surface area contributed by atoms with Crippen LogP contribution in [0.4, 0.5) is 4.39 Å². The molecule has 29 heavy (non-hydrogen) atoms. The molecule has 0 aliphatic heterocycles. The molecule has 2 amide bonds. The summed E-state index contributed by atoms with van der Waals surface area (Å²) in [5.74, 6) is -0.792. The Balaban J connectivity index is 1.55.